The van der Waals surface area contributed by atoms with Crippen LogP contribution < -0.4 is 0 Å². The number of halogens is 1. The van der Waals surface area contributed by atoms with Gasteiger partial charge in [0.1, 0.15) is 0 Å². The van der Waals surface area contributed by atoms with Crippen molar-refractivity contribution < 1.29 is 0 Å². The van der Waals surface area contributed by atoms with Crippen molar-refractivity contribution in [2.45, 2.75) is 19.9 Å². The minimum absolute atomic E-state index is 0.990. The molecule has 0 N–H and O–H groups in total. The fraction of sp³-hybridized carbons (Fsp3) is 0.250. The van der Waals surface area contributed by atoms with Crippen molar-refractivity contribution in [3.8, 4) is 11.1 Å². The summed E-state index contributed by atoms with van der Waals surface area (Å²) in [5.74, 6) is 0. The van der Waals surface area contributed by atoms with Crippen molar-refractivity contribution in [1.82, 2.24) is 9.78 Å². The highest BCUT2D eigenvalue weighted by Crippen LogP contribution is 2.19. The molecule has 2 rings (SSSR count). The number of hydrogen-bond acceptors (Lipinski definition) is 1. The summed E-state index contributed by atoms with van der Waals surface area (Å²) < 4.78 is 3.25. The van der Waals surface area contributed by atoms with Gasteiger partial charge in [0.25, 0.3) is 0 Å². The van der Waals surface area contributed by atoms with E-state index in [1.54, 1.807) is 0 Å². The molecule has 0 spiro atoms. The third-order valence-electron chi connectivity index (χ3n) is 2.26. The van der Waals surface area contributed by atoms with E-state index in [0.29, 0.717) is 0 Å². The Bertz CT molecular complexity index is 431. The molecule has 0 aliphatic heterocycles. The molecule has 0 atom stereocenters. The molecule has 2 nitrogen and oxygen atoms in total. The first-order valence-electron chi connectivity index (χ1n) is 5.08. The van der Waals surface area contributed by atoms with Crippen LogP contribution in [-0.4, -0.2) is 9.78 Å². The Balaban J connectivity index is 2.25. The van der Waals surface area contributed by atoms with Gasteiger partial charge < -0.3 is 0 Å². The third kappa shape index (κ3) is 2.59. The molecule has 0 saturated carbocycles. The number of aromatic nitrogens is 2. The lowest BCUT2D eigenvalue weighted by Crippen LogP contribution is -1.95. The maximum absolute atomic E-state index is 4.32. The summed E-state index contributed by atoms with van der Waals surface area (Å²) in [6.07, 6.45) is 5.15. The maximum atomic E-state index is 4.32. The van der Waals surface area contributed by atoms with E-state index in [1.807, 2.05) is 10.9 Å². The molecule has 1 aromatic carbocycles. The fourth-order valence-electron chi connectivity index (χ4n) is 1.51. The van der Waals surface area contributed by atoms with Crippen molar-refractivity contribution in [2.75, 3.05) is 0 Å². The molecule has 3 heteroatoms. The summed E-state index contributed by atoms with van der Waals surface area (Å²) in [4.78, 5) is 0. The van der Waals surface area contributed by atoms with Crippen molar-refractivity contribution >= 4 is 22.6 Å². The van der Waals surface area contributed by atoms with Gasteiger partial charge in [0.15, 0.2) is 0 Å². The molecule has 0 amide bonds. The third-order valence-corrected chi connectivity index (χ3v) is 2.98. The van der Waals surface area contributed by atoms with Crippen molar-refractivity contribution in [3.63, 3.8) is 0 Å². The lowest BCUT2D eigenvalue weighted by Gasteiger charge is -1.97. The van der Waals surface area contributed by atoms with Gasteiger partial charge in [-0.25, -0.2) is 0 Å². The second kappa shape index (κ2) is 4.79. The maximum Gasteiger partial charge on any atom is 0.0568 e. The fourth-order valence-corrected chi connectivity index (χ4v) is 1.87. The van der Waals surface area contributed by atoms with Gasteiger partial charge in [-0.1, -0.05) is 19.1 Å². The van der Waals surface area contributed by atoms with E-state index in [0.717, 1.165) is 13.0 Å². The zero-order valence-electron chi connectivity index (χ0n) is 8.65. The van der Waals surface area contributed by atoms with Crippen LogP contribution >= 0.6 is 22.6 Å². The molecule has 0 aliphatic carbocycles. The van der Waals surface area contributed by atoms with Crippen LogP contribution in [0.25, 0.3) is 11.1 Å². The summed E-state index contributed by atoms with van der Waals surface area (Å²) in [5, 5.41) is 4.32. The lowest BCUT2D eigenvalue weighted by molar-refractivity contribution is 0.603. The molecule has 0 aliphatic rings. The van der Waals surface area contributed by atoms with E-state index >= 15 is 0 Å². The number of benzene rings is 1. The standard InChI is InChI=1S/C12H13IN2/c1-2-7-15-9-11(8-14-15)10-3-5-12(13)6-4-10/h3-6,8-9H,2,7H2,1H3. The molecule has 0 unspecified atom stereocenters. The predicted molar refractivity (Wildman–Crippen MR) is 70.7 cm³/mol. The smallest absolute Gasteiger partial charge is 0.0568 e. The van der Waals surface area contributed by atoms with Crippen LogP contribution in [0.2, 0.25) is 0 Å². The number of hydrogen-bond donors (Lipinski definition) is 0. The minimum atomic E-state index is 0.990. The van der Waals surface area contributed by atoms with Gasteiger partial charge in [-0.05, 0) is 46.7 Å². The zero-order valence-corrected chi connectivity index (χ0v) is 10.8. The van der Waals surface area contributed by atoms with Gasteiger partial charge in [0.05, 0.1) is 6.20 Å². The van der Waals surface area contributed by atoms with Gasteiger partial charge in [-0.3, -0.25) is 4.68 Å². The average Bonchev–Trinajstić information content (AvgIpc) is 2.68. The van der Waals surface area contributed by atoms with E-state index in [1.165, 1.54) is 14.7 Å². The second-order valence-corrected chi connectivity index (χ2v) is 4.74. The summed E-state index contributed by atoms with van der Waals surface area (Å²) in [6.45, 7) is 3.15. The van der Waals surface area contributed by atoms with E-state index in [-0.39, 0.29) is 0 Å². The normalized spacial score (nSPS) is 10.5. The minimum Gasteiger partial charge on any atom is -0.272 e. The molecule has 1 aromatic heterocycles. The van der Waals surface area contributed by atoms with Crippen LogP contribution in [0.4, 0.5) is 0 Å². The molecule has 2 aromatic rings. The molecule has 0 fully saturated rings. The Morgan fingerprint density at radius 3 is 2.60 bits per heavy atom. The van der Waals surface area contributed by atoms with Crippen LogP contribution in [0.1, 0.15) is 13.3 Å². The van der Waals surface area contributed by atoms with E-state index in [9.17, 15) is 0 Å². The SMILES string of the molecule is CCCn1cc(-c2ccc(I)cc2)cn1. The monoisotopic (exact) mass is 312 g/mol. The molecular weight excluding hydrogens is 299 g/mol. The Labute approximate surface area is 103 Å². The summed E-state index contributed by atoms with van der Waals surface area (Å²) in [5.41, 5.74) is 2.43. The molecule has 0 radical (unpaired) electrons. The molecule has 0 saturated heterocycles. The first-order valence-corrected chi connectivity index (χ1v) is 6.16. The van der Waals surface area contributed by atoms with Gasteiger partial charge >= 0.3 is 0 Å². The van der Waals surface area contributed by atoms with Gasteiger partial charge in [0.2, 0.25) is 0 Å². The van der Waals surface area contributed by atoms with Crippen LogP contribution in [0.5, 0.6) is 0 Å². The molecule has 78 valence electrons. The Kier molecular flexibility index (Phi) is 3.41. The first-order chi connectivity index (χ1) is 7.29. The number of nitrogens with zero attached hydrogens (tertiary/aromatic N) is 2. The zero-order chi connectivity index (χ0) is 10.7. The number of aryl methyl sites for hydroxylation is 1. The van der Waals surface area contributed by atoms with Crippen LogP contribution in [0, 0.1) is 3.57 Å². The Hall–Kier alpha value is -0.840. The second-order valence-electron chi connectivity index (χ2n) is 3.50. The van der Waals surface area contributed by atoms with Gasteiger partial charge in [-0.15, -0.1) is 0 Å². The molecular formula is C12H13IN2. The molecule has 1 heterocycles. The topological polar surface area (TPSA) is 17.8 Å². The highest BCUT2D eigenvalue weighted by Gasteiger charge is 2.00. The van der Waals surface area contributed by atoms with E-state index < -0.39 is 0 Å². The van der Waals surface area contributed by atoms with Crippen molar-refractivity contribution in [2.24, 2.45) is 0 Å². The van der Waals surface area contributed by atoms with Crippen molar-refractivity contribution in [1.29, 1.82) is 0 Å². The van der Waals surface area contributed by atoms with Gasteiger partial charge in [0, 0.05) is 21.9 Å². The molecule has 15 heavy (non-hydrogen) atoms. The number of rotatable bonds is 3. The predicted octanol–water partition coefficient (Wildman–Crippen LogP) is 3.56. The highest BCUT2D eigenvalue weighted by molar-refractivity contribution is 14.1. The van der Waals surface area contributed by atoms with Gasteiger partial charge in [-0.2, -0.15) is 5.10 Å². The largest absolute Gasteiger partial charge is 0.272 e. The first kappa shape index (κ1) is 10.7. The molecule has 0 bridgehead atoms. The quantitative estimate of drug-likeness (QED) is 0.792. The van der Waals surface area contributed by atoms with E-state index in [2.05, 4.69) is 65.1 Å². The van der Waals surface area contributed by atoms with Crippen LogP contribution in [0.15, 0.2) is 36.7 Å². The van der Waals surface area contributed by atoms with Crippen molar-refractivity contribution in [3.05, 3.63) is 40.2 Å². The Morgan fingerprint density at radius 2 is 1.93 bits per heavy atom. The van der Waals surface area contributed by atoms with Crippen LogP contribution in [-0.2, 0) is 6.54 Å². The summed E-state index contributed by atoms with van der Waals surface area (Å²) >= 11 is 2.31. The highest BCUT2D eigenvalue weighted by atomic mass is 127. The summed E-state index contributed by atoms with van der Waals surface area (Å²) in [6, 6.07) is 8.50. The Morgan fingerprint density at radius 1 is 1.20 bits per heavy atom. The average molecular weight is 312 g/mol. The van der Waals surface area contributed by atoms with Crippen LogP contribution in [0.3, 0.4) is 0 Å². The van der Waals surface area contributed by atoms with E-state index in [4.69, 9.17) is 0 Å². The summed E-state index contributed by atoms with van der Waals surface area (Å²) in [7, 11) is 0. The lowest BCUT2D eigenvalue weighted by atomic mass is 10.1.